The molecule has 0 unspecified atom stereocenters. The summed E-state index contributed by atoms with van der Waals surface area (Å²) in [6.45, 7) is 3.91. The molecule has 3 rings (SSSR count). The van der Waals surface area contributed by atoms with Gasteiger partial charge in [0.1, 0.15) is 0 Å². The highest BCUT2D eigenvalue weighted by atomic mass is 16.1. The molecule has 1 aliphatic rings. The molecule has 2 aromatic rings. The molecule has 0 saturated heterocycles. The third-order valence-electron chi connectivity index (χ3n) is 3.72. The van der Waals surface area contributed by atoms with Crippen LogP contribution >= 0.6 is 0 Å². The lowest BCUT2D eigenvalue weighted by Crippen LogP contribution is -2.18. The van der Waals surface area contributed by atoms with Gasteiger partial charge in [-0.3, -0.25) is 4.79 Å². The molecular formula is C16H19N3O. The van der Waals surface area contributed by atoms with Crippen molar-refractivity contribution < 1.29 is 4.79 Å². The summed E-state index contributed by atoms with van der Waals surface area (Å²) < 4.78 is 1.94. The molecule has 4 heteroatoms. The number of anilines is 1. The third-order valence-corrected chi connectivity index (χ3v) is 3.72. The van der Waals surface area contributed by atoms with Crippen LogP contribution in [-0.4, -0.2) is 21.9 Å². The van der Waals surface area contributed by atoms with E-state index in [2.05, 4.69) is 17.2 Å². The van der Waals surface area contributed by atoms with Crippen LogP contribution < -0.4 is 5.32 Å². The van der Waals surface area contributed by atoms with Gasteiger partial charge >= 0.3 is 0 Å². The highest BCUT2D eigenvalue weighted by Crippen LogP contribution is 2.26. The van der Waals surface area contributed by atoms with Gasteiger partial charge in [0, 0.05) is 36.7 Å². The molecule has 0 atom stereocenters. The van der Waals surface area contributed by atoms with Gasteiger partial charge in [0.25, 0.3) is 0 Å². The number of carbonyl (C=O) groups excluding carboxylic acids is 1. The maximum absolute atomic E-state index is 12.8. The average Bonchev–Trinajstić information content (AvgIpc) is 2.94. The van der Waals surface area contributed by atoms with Crippen molar-refractivity contribution in [1.29, 1.82) is 0 Å². The average molecular weight is 269 g/mol. The largest absolute Gasteiger partial charge is 0.385 e. The van der Waals surface area contributed by atoms with E-state index in [1.807, 2.05) is 29.0 Å². The van der Waals surface area contributed by atoms with Gasteiger partial charge in [-0.2, -0.15) is 0 Å². The lowest BCUT2D eigenvalue weighted by Gasteiger charge is -2.20. The van der Waals surface area contributed by atoms with Crippen LogP contribution in [-0.2, 0) is 13.0 Å². The van der Waals surface area contributed by atoms with Gasteiger partial charge in [-0.25, -0.2) is 4.98 Å². The third kappa shape index (κ3) is 2.22. The lowest BCUT2D eigenvalue weighted by molar-refractivity contribution is 0.102. The number of ketones is 1. The zero-order valence-corrected chi connectivity index (χ0v) is 11.7. The summed E-state index contributed by atoms with van der Waals surface area (Å²) in [6.07, 6.45) is 6.60. The number of nitrogens with zero attached hydrogens (tertiary/aromatic N) is 2. The van der Waals surface area contributed by atoms with E-state index in [0.717, 1.165) is 49.2 Å². The number of rotatable bonds is 4. The normalized spacial score (nSPS) is 13.7. The topological polar surface area (TPSA) is 46.9 Å². The van der Waals surface area contributed by atoms with Gasteiger partial charge < -0.3 is 9.88 Å². The summed E-state index contributed by atoms with van der Waals surface area (Å²) in [5, 5.41) is 3.36. The van der Waals surface area contributed by atoms with Crippen molar-refractivity contribution >= 4 is 11.5 Å². The van der Waals surface area contributed by atoms with Gasteiger partial charge in [-0.1, -0.05) is 19.1 Å². The molecule has 0 fully saturated rings. The first-order chi connectivity index (χ1) is 9.81. The Morgan fingerprint density at radius 1 is 1.45 bits per heavy atom. The first kappa shape index (κ1) is 12.9. The van der Waals surface area contributed by atoms with Crippen molar-refractivity contribution in [1.82, 2.24) is 9.55 Å². The SMILES string of the molecule is CCCn1ccnc1C(=O)c1cccc2c1CCCN2. The number of benzene rings is 1. The quantitative estimate of drug-likeness (QED) is 0.868. The standard InChI is InChI=1S/C16H19N3O/c1-2-10-19-11-9-18-16(19)15(20)13-5-3-7-14-12(13)6-4-8-17-14/h3,5,7,9,11,17H,2,4,6,8,10H2,1H3. The van der Waals surface area contributed by atoms with E-state index in [1.54, 1.807) is 6.20 Å². The smallest absolute Gasteiger partial charge is 0.228 e. The predicted molar refractivity (Wildman–Crippen MR) is 79.2 cm³/mol. The maximum Gasteiger partial charge on any atom is 0.228 e. The van der Waals surface area contributed by atoms with E-state index in [4.69, 9.17) is 0 Å². The summed E-state index contributed by atoms with van der Waals surface area (Å²) in [4.78, 5) is 17.0. The molecule has 2 heterocycles. The molecule has 0 saturated carbocycles. The van der Waals surface area contributed by atoms with Crippen LogP contribution in [0.1, 0.15) is 41.5 Å². The summed E-state index contributed by atoms with van der Waals surface area (Å²) in [5.74, 6) is 0.579. The van der Waals surface area contributed by atoms with Gasteiger partial charge in [-0.05, 0) is 30.9 Å². The van der Waals surface area contributed by atoms with Crippen LogP contribution in [0.5, 0.6) is 0 Å². The van der Waals surface area contributed by atoms with Crippen molar-refractivity contribution in [3.8, 4) is 0 Å². The van der Waals surface area contributed by atoms with E-state index < -0.39 is 0 Å². The molecule has 0 amide bonds. The highest BCUT2D eigenvalue weighted by molar-refractivity contribution is 6.08. The Kier molecular flexibility index (Phi) is 3.54. The second kappa shape index (κ2) is 5.49. The summed E-state index contributed by atoms with van der Waals surface area (Å²) >= 11 is 0. The van der Waals surface area contributed by atoms with Crippen LogP contribution in [0.3, 0.4) is 0 Å². The molecular weight excluding hydrogens is 250 g/mol. The summed E-state index contributed by atoms with van der Waals surface area (Å²) in [5.41, 5.74) is 3.02. The molecule has 1 aromatic carbocycles. The predicted octanol–water partition coefficient (Wildman–Crippen LogP) is 2.88. The van der Waals surface area contributed by atoms with E-state index in [9.17, 15) is 4.79 Å². The Morgan fingerprint density at radius 3 is 3.20 bits per heavy atom. The molecule has 0 aliphatic carbocycles. The second-order valence-corrected chi connectivity index (χ2v) is 5.14. The molecule has 104 valence electrons. The van der Waals surface area contributed by atoms with Gasteiger partial charge in [0.05, 0.1) is 0 Å². The number of nitrogens with one attached hydrogen (secondary N) is 1. The molecule has 1 aliphatic heterocycles. The number of imidazole rings is 1. The van der Waals surface area contributed by atoms with Crippen LogP contribution in [0.15, 0.2) is 30.6 Å². The fraction of sp³-hybridized carbons (Fsp3) is 0.375. The first-order valence-corrected chi connectivity index (χ1v) is 7.23. The molecule has 20 heavy (non-hydrogen) atoms. The fourth-order valence-corrected chi connectivity index (χ4v) is 2.78. The first-order valence-electron chi connectivity index (χ1n) is 7.23. The Bertz CT molecular complexity index is 630. The highest BCUT2D eigenvalue weighted by Gasteiger charge is 2.21. The van der Waals surface area contributed by atoms with Crippen LogP contribution in [0.2, 0.25) is 0 Å². The number of hydrogen-bond donors (Lipinski definition) is 1. The van der Waals surface area contributed by atoms with Gasteiger partial charge in [-0.15, -0.1) is 0 Å². The van der Waals surface area contributed by atoms with Crippen LogP contribution in [0.4, 0.5) is 5.69 Å². The summed E-state index contributed by atoms with van der Waals surface area (Å²) in [6, 6.07) is 5.90. The van der Waals surface area contributed by atoms with Crippen molar-refractivity contribution in [2.24, 2.45) is 0 Å². The number of aromatic nitrogens is 2. The molecule has 0 spiro atoms. The van der Waals surface area contributed by atoms with E-state index in [1.165, 1.54) is 0 Å². The minimum Gasteiger partial charge on any atom is -0.385 e. The van der Waals surface area contributed by atoms with Gasteiger partial charge in [0.2, 0.25) is 5.78 Å². The van der Waals surface area contributed by atoms with Crippen LogP contribution in [0, 0.1) is 0 Å². The van der Waals surface area contributed by atoms with E-state index in [0.29, 0.717) is 5.82 Å². The van der Waals surface area contributed by atoms with Crippen molar-refractivity contribution in [3.05, 3.63) is 47.5 Å². The summed E-state index contributed by atoms with van der Waals surface area (Å²) in [7, 11) is 0. The number of carbonyl (C=O) groups is 1. The lowest BCUT2D eigenvalue weighted by atomic mass is 9.95. The Labute approximate surface area is 118 Å². The monoisotopic (exact) mass is 269 g/mol. The Balaban J connectivity index is 2.00. The molecule has 1 aromatic heterocycles. The Hall–Kier alpha value is -2.10. The molecule has 0 radical (unpaired) electrons. The minimum absolute atomic E-state index is 0.0315. The second-order valence-electron chi connectivity index (χ2n) is 5.14. The van der Waals surface area contributed by atoms with E-state index >= 15 is 0 Å². The molecule has 4 nitrogen and oxygen atoms in total. The molecule has 1 N–H and O–H groups in total. The minimum atomic E-state index is 0.0315. The number of aryl methyl sites for hydroxylation is 1. The zero-order chi connectivity index (χ0) is 13.9. The fourth-order valence-electron chi connectivity index (χ4n) is 2.78. The van der Waals surface area contributed by atoms with Crippen molar-refractivity contribution in [3.63, 3.8) is 0 Å². The van der Waals surface area contributed by atoms with Gasteiger partial charge in [0.15, 0.2) is 5.82 Å². The Morgan fingerprint density at radius 2 is 2.35 bits per heavy atom. The number of fused-ring (bicyclic) bond motifs is 1. The maximum atomic E-state index is 12.8. The van der Waals surface area contributed by atoms with Crippen LogP contribution in [0.25, 0.3) is 0 Å². The number of hydrogen-bond acceptors (Lipinski definition) is 3. The molecule has 0 bridgehead atoms. The van der Waals surface area contributed by atoms with E-state index in [-0.39, 0.29) is 5.78 Å². The zero-order valence-electron chi connectivity index (χ0n) is 11.7. The van der Waals surface area contributed by atoms with Crippen molar-refractivity contribution in [2.45, 2.75) is 32.7 Å². The van der Waals surface area contributed by atoms with Crippen molar-refractivity contribution in [2.75, 3.05) is 11.9 Å².